The van der Waals surface area contributed by atoms with Crippen LogP contribution >= 0.6 is 11.9 Å². The van der Waals surface area contributed by atoms with Crippen LogP contribution in [0.2, 0.25) is 0 Å². The van der Waals surface area contributed by atoms with Crippen LogP contribution < -0.4 is 5.73 Å². The molecule has 0 amide bonds. The van der Waals surface area contributed by atoms with E-state index in [0.717, 1.165) is 42.3 Å². The van der Waals surface area contributed by atoms with Gasteiger partial charge in [-0.15, -0.1) is 0 Å². The topological polar surface area (TPSA) is 56.3 Å². The largest absolute Gasteiger partial charge is 0.416 e. The van der Waals surface area contributed by atoms with Crippen LogP contribution in [0.1, 0.15) is 55.0 Å². The van der Waals surface area contributed by atoms with Crippen molar-refractivity contribution in [3.63, 3.8) is 0 Å². The first kappa shape index (κ1) is 23.1. The molecule has 33 heavy (non-hydrogen) atoms. The second-order valence-corrected chi connectivity index (χ2v) is 10.3. The maximum absolute atomic E-state index is 14.3. The van der Waals surface area contributed by atoms with Crippen LogP contribution in [0, 0.1) is 11.6 Å². The Bertz CT molecular complexity index is 986. The minimum atomic E-state index is -4.69. The number of hydrogen-bond acceptors (Lipinski definition) is 5. The molecule has 3 heterocycles. The van der Waals surface area contributed by atoms with Crippen molar-refractivity contribution in [3.8, 4) is 0 Å². The van der Waals surface area contributed by atoms with Gasteiger partial charge >= 0.3 is 6.18 Å². The van der Waals surface area contributed by atoms with Crippen LogP contribution in [-0.2, 0) is 17.8 Å². The Balaban J connectivity index is 1.33. The van der Waals surface area contributed by atoms with Crippen LogP contribution in [0.4, 0.5) is 22.0 Å². The van der Waals surface area contributed by atoms with E-state index in [9.17, 15) is 22.0 Å². The Labute approximate surface area is 192 Å². The van der Waals surface area contributed by atoms with Crippen molar-refractivity contribution in [2.45, 2.75) is 80.9 Å². The monoisotopic (exact) mass is 488 g/mol. The number of hydrogen-bond donors (Lipinski definition) is 1. The van der Waals surface area contributed by atoms with Crippen LogP contribution in [-0.4, -0.2) is 43.7 Å². The van der Waals surface area contributed by atoms with Crippen LogP contribution in [0.5, 0.6) is 0 Å². The number of rotatable bonds is 4. The molecule has 2 fully saturated rings. The number of nitrogens with zero attached hydrogens (tertiary/aromatic N) is 3. The van der Waals surface area contributed by atoms with Gasteiger partial charge in [0, 0.05) is 47.7 Å². The minimum Gasteiger partial charge on any atom is -0.357 e. The van der Waals surface area contributed by atoms with Gasteiger partial charge < -0.3 is 10.5 Å². The molecule has 5 rings (SSSR count). The van der Waals surface area contributed by atoms with Gasteiger partial charge in [0.1, 0.15) is 17.7 Å². The molecular weight excluding hydrogens is 463 g/mol. The van der Waals surface area contributed by atoms with Gasteiger partial charge in [-0.25, -0.2) is 12.9 Å². The van der Waals surface area contributed by atoms with Crippen LogP contribution in [0.3, 0.4) is 0 Å². The predicted octanol–water partition coefficient (Wildman–Crippen LogP) is 4.70. The van der Waals surface area contributed by atoms with Gasteiger partial charge in [-0.3, -0.25) is 4.90 Å². The van der Waals surface area contributed by atoms with Crippen molar-refractivity contribution >= 4 is 11.9 Å². The average Bonchev–Trinajstić information content (AvgIpc) is 3.46. The number of fused-ring (bicyclic) bond motifs is 1. The van der Waals surface area contributed by atoms with Crippen LogP contribution in [0.15, 0.2) is 24.4 Å². The Hall–Kier alpha value is -1.69. The van der Waals surface area contributed by atoms with Gasteiger partial charge in [0.15, 0.2) is 6.10 Å². The zero-order valence-electron chi connectivity index (χ0n) is 17.8. The zero-order valence-corrected chi connectivity index (χ0v) is 18.6. The fourth-order valence-electron chi connectivity index (χ4n) is 5.14. The van der Waals surface area contributed by atoms with Gasteiger partial charge in [-0.1, -0.05) is 12.8 Å². The molecule has 1 saturated carbocycles. The highest BCUT2D eigenvalue weighted by atomic mass is 32.2. The van der Waals surface area contributed by atoms with E-state index in [1.54, 1.807) is 16.8 Å². The maximum Gasteiger partial charge on any atom is 0.416 e. The normalized spacial score (nSPS) is 29.0. The number of aromatic nitrogens is 2. The zero-order chi connectivity index (χ0) is 23.3. The minimum absolute atomic E-state index is 0.0636. The summed E-state index contributed by atoms with van der Waals surface area (Å²) in [5, 5.41) is 5.11. The molecule has 0 bridgehead atoms. The van der Waals surface area contributed by atoms with Crippen molar-refractivity contribution in [1.29, 1.82) is 0 Å². The second kappa shape index (κ2) is 8.83. The van der Waals surface area contributed by atoms with E-state index in [1.165, 1.54) is 12.8 Å². The highest BCUT2D eigenvalue weighted by Gasteiger charge is 2.54. The summed E-state index contributed by atoms with van der Waals surface area (Å²) in [6.45, 7) is 0.576. The molecule has 11 heteroatoms. The summed E-state index contributed by atoms with van der Waals surface area (Å²) in [7, 11) is 0. The lowest BCUT2D eigenvalue weighted by Crippen LogP contribution is -2.58. The van der Waals surface area contributed by atoms with Crippen LogP contribution in [0.25, 0.3) is 0 Å². The number of ether oxygens (including phenoxy) is 1. The molecule has 1 aliphatic carbocycles. The van der Waals surface area contributed by atoms with Crippen molar-refractivity contribution in [2.75, 3.05) is 0 Å². The molecule has 0 spiro atoms. The van der Waals surface area contributed by atoms with Crippen molar-refractivity contribution in [1.82, 2.24) is 14.1 Å². The molecule has 180 valence electrons. The quantitative estimate of drug-likeness (QED) is 0.632. The third-order valence-corrected chi connectivity index (χ3v) is 7.92. The van der Waals surface area contributed by atoms with Crippen molar-refractivity contribution in [3.05, 3.63) is 52.9 Å². The Morgan fingerprint density at radius 1 is 1.12 bits per heavy atom. The van der Waals surface area contributed by atoms with E-state index in [2.05, 4.69) is 5.10 Å². The Kier molecular flexibility index (Phi) is 6.17. The summed E-state index contributed by atoms with van der Waals surface area (Å²) in [6.07, 6.45) is -1.68. The fourth-order valence-corrected chi connectivity index (χ4v) is 6.32. The fraction of sp³-hybridized carbons (Fsp3) is 0.591. The molecule has 5 nitrogen and oxygen atoms in total. The smallest absolute Gasteiger partial charge is 0.357 e. The SMILES string of the molecule is NC1C[C@@H](N2Cc3cn(SC4CCCC4)nc3C2)C(C(F)(F)F)O[C@@H]1c1cc(F)ccc1F. The molecule has 2 aliphatic heterocycles. The summed E-state index contributed by atoms with van der Waals surface area (Å²) < 4.78 is 77.1. The van der Waals surface area contributed by atoms with E-state index in [1.807, 2.05) is 10.3 Å². The molecule has 2 unspecified atom stereocenters. The lowest BCUT2D eigenvalue weighted by atomic mass is 9.89. The first-order valence-corrected chi connectivity index (χ1v) is 11.9. The number of halogens is 5. The number of alkyl halides is 3. The highest BCUT2D eigenvalue weighted by molar-refractivity contribution is 7.98. The van der Waals surface area contributed by atoms with Crippen molar-refractivity contribution < 1.29 is 26.7 Å². The van der Waals surface area contributed by atoms with E-state index in [0.29, 0.717) is 11.8 Å². The highest BCUT2D eigenvalue weighted by Crippen LogP contribution is 2.42. The summed E-state index contributed by atoms with van der Waals surface area (Å²) >= 11 is 1.67. The van der Waals surface area contributed by atoms with E-state index >= 15 is 0 Å². The molecule has 3 aliphatic rings. The van der Waals surface area contributed by atoms with Gasteiger partial charge in [-0.05, 0) is 49.4 Å². The molecular formula is C22H25F5N4OS. The first-order valence-electron chi connectivity index (χ1n) is 11.1. The summed E-state index contributed by atoms with van der Waals surface area (Å²) in [5.74, 6) is -1.60. The molecule has 2 aromatic rings. The van der Waals surface area contributed by atoms with E-state index in [-0.39, 0.29) is 18.5 Å². The summed E-state index contributed by atoms with van der Waals surface area (Å²) in [5.41, 5.74) is 7.52. The third-order valence-electron chi connectivity index (χ3n) is 6.74. The summed E-state index contributed by atoms with van der Waals surface area (Å²) in [6, 6.07) is 0.665. The Morgan fingerprint density at radius 2 is 1.88 bits per heavy atom. The van der Waals surface area contributed by atoms with E-state index < -0.39 is 42.1 Å². The molecule has 4 atom stereocenters. The molecule has 0 radical (unpaired) electrons. The van der Waals surface area contributed by atoms with E-state index in [4.69, 9.17) is 10.5 Å². The van der Waals surface area contributed by atoms with Gasteiger partial charge in [0.05, 0.1) is 5.69 Å². The lowest BCUT2D eigenvalue weighted by molar-refractivity contribution is -0.269. The number of benzene rings is 1. The average molecular weight is 489 g/mol. The third kappa shape index (κ3) is 4.65. The predicted molar refractivity (Wildman–Crippen MR) is 113 cm³/mol. The second-order valence-electron chi connectivity index (χ2n) is 9.07. The maximum atomic E-state index is 14.3. The molecule has 1 aromatic heterocycles. The molecule has 1 saturated heterocycles. The summed E-state index contributed by atoms with van der Waals surface area (Å²) in [4.78, 5) is 1.68. The van der Waals surface area contributed by atoms with Gasteiger partial charge in [-0.2, -0.15) is 18.3 Å². The number of nitrogens with two attached hydrogens (primary N) is 1. The standard InChI is InChI=1S/C22H25F5N4OS/c23-13-5-6-16(24)15(7-13)20-17(28)8-19(21(32-20)22(25,26)27)30-9-12-10-31(29-18(12)11-30)33-14-3-1-2-4-14/h5-7,10,14,17,19-21H,1-4,8-9,11,28H2/t17?,19-,20-,21?/m1/s1. The lowest BCUT2D eigenvalue weighted by Gasteiger charge is -2.44. The van der Waals surface area contributed by atoms with Gasteiger partial charge in [0.2, 0.25) is 0 Å². The first-order chi connectivity index (χ1) is 15.7. The van der Waals surface area contributed by atoms with Gasteiger partial charge in [0.25, 0.3) is 0 Å². The molecule has 2 N–H and O–H groups in total. The Morgan fingerprint density at radius 3 is 2.58 bits per heavy atom. The molecule has 1 aromatic carbocycles. The van der Waals surface area contributed by atoms with Crippen molar-refractivity contribution in [2.24, 2.45) is 5.73 Å².